The minimum atomic E-state index is -0.140. The molecule has 0 spiro atoms. The van der Waals surface area contributed by atoms with Gasteiger partial charge in [0.2, 0.25) is 0 Å². The first-order valence-corrected chi connectivity index (χ1v) is 7.47. The van der Waals surface area contributed by atoms with Crippen molar-refractivity contribution in [3.63, 3.8) is 0 Å². The van der Waals surface area contributed by atoms with Gasteiger partial charge in [-0.3, -0.25) is 4.79 Å². The number of anilines is 1. The summed E-state index contributed by atoms with van der Waals surface area (Å²) in [6.07, 6.45) is 3.41. The summed E-state index contributed by atoms with van der Waals surface area (Å²) < 4.78 is 5.33. The van der Waals surface area contributed by atoms with E-state index in [1.54, 1.807) is 7.11 Å². The van der Waals surface area contributed by atoms with E-state index in [0.29, 0.717) is 18.0 Å². The number of amides is 1. The quantitative estimate of drug-likeness (QED) is 0.838. The maximum Gasteiger partial charge on any atom is 0.256 e. The Kier molecular flexibility index (Phi) is 5.33. The van der Waals surface area contributed by atoms with Crippen LogP contribution in [0.5, 0.6) is 5.75 Å². The maximum atomic E-state index is 12.7. The van der Waals surface area contributed by atoms with Crippen molar-refractivity contribution in [2.75, 3.05) is 18.7 Å². The molecule has 1 atom stereocenters. The zero-order valence-corrected chi connectivity index (χ0v) is 12.7. The number of benzene rings is 1. The number of rotatable bonds is 7. The molecule has 114 valence electrons. The van der Waals surface area contributed by atoms with Crippen molar-refractivity contribution in [3.05, 3.63) is 24.3 Å². The fourth-order valence-electron chi connectivity index (χ4n) is 2.61. The van der Waals surface area contributed by atoms with Gasteiger partial charge in [-0.05, 0) is 37.9 Å². The van der Waals surface area contributed by atoms with Gasteiger partial charge in [-0.15, -0.1) is 0 Å². The fourth-order valence-corrected chi connectivity index (χ4v) is 2.61. The summed E-state index contributed by atoms with van der Waals surface area (Å²) in [6, 6.07) is 7.46. The molecule has 0 radical (unpaired) electrons. The van der Waals surface area contributed by atoms with Crippen molar-refractivity contribution in [3.8, 4) is 5.75 Å². The smallest absolute Gasteiger partial charge is 0.256 e. The predicted molar refractivity (Wildman–Crippen MR) is 84.6 cm³/mol. The number of para-hydroxylation sites is 2. The van der Waals surface area contributed by atoms with Crippen LogP contribution in [0.4, 0.5) is 5.69 Å². The Hall–Kier alpha value is -1.88. The summed E-state index contributed by atoms with van der Waals surface area (Å²) in [4.78, 5) is 12.7. The van der Waals surface area contributed by atoms with Crippen LogP contribution < -0.4 is 15.5 Å². The van der Waals surface area contributed by atoms with Crippen LogP contribution in [0.1, 0.15) is 32.6 Å². The SMILES string of the molecule is CCCC1=NN(c2ccccc2OC)C(=O)C1CCCN. The van der Waals surface area contributed by atoms with Crippen LogP contribution in [0.15, 0.2) is 29.4 Å². The minimum absolute atomic E-state index is 0.0244. The highest BCUT2D eigenvalue weighted by atomic mass is 16.5. The molecule has 1 aliphatic heterocycles. The molecule has 2 N–H and O–H groups in total. The number of hydrazone groups is 1. The van der Waals surface area contributed by atoms with Crippen molar-refractivity contribution in [2.24, 2.45) is 16.8 Å². The fraction of sp³-hybridized carbons (Fsp3) is 0.500. The second-order valence-electron chi connectivity index (χ2n) is 5.15. The van der Waals surface area contributed by atoms with Gasteiger partial charge >= 0.3 is 0 Å². The largest absolute Gasteiger partial charge is 0.494 e. The number of nitrogens with two attached hydrogens (primary N) is 1. The first kappa shape index (κ1) is 15.5. The predicted octanol–water partition coefficient (Wildman–Crippen LogP) is 2.55. The van der Waals surface area contributed by atoms with E-state index in [2.05, 4.69) is 12.0 Å². The van der Waals surface area contributed by atoms with Crippen LogP contribution in [-0.4, -0.2) is 25.3 Å². The Bertz CT molecular complexity index is 528. The number of carbonyl (C=O) groups excluding carboxylic acids is 1. The molecule has 0 saturated heterocycles. The first-order valence-electron chi connectivity index (χ1n) is 7.47. The van der Waals surface area contributed by atoms with E-state index in [9.17, 15) is 4.79 Å². The van der Waals surface area contributed by atoms with Crippen molar-refractivity contribution in [1.29, 1.82) is 0 Å². The highest BCUT2D eigenvalue weighted by molar-refractivity contribution is 6.15. The van der Waals surface area contributed by atoms with Crippen molar-refractivity contribution >= 4 is 17.3 Å². The number of methoxy groups -OCH3 is 1. The molecule has 1 aromatic rings. The minimum Gasteiger partial charge on any atom is -0.494 e. The molecular formula is C16H23N3O2. The molecule has 0 aliphatic carbocycles. The standard InChI is InChI=1S/C16H23N3O2/c1-3-7-13-12(8-6-11-17)16(20)19(18-13)14-9-4-5-10-15(14)21-2/h4-5,9-10,12H,3,6-8,11,17H2,1-2H3. The number of carbonyl (C=O) groups is 1. The molecule has 1 aromatic carbocycles. The highest BCUT2D eigenvalue weighted by Gasteiger charge is 2.36. The highest BCUT2D eigenvalue weighted by Crippen LogP contribution is 2.34. The van der Waals surface area contributed by atoms with E-state index < -0.39 is 0 Å². The first-order chi connectivity index (χ1) is 10.2. The zero-order chi connectivity index (χ0) is 15.2. The molecular weight excluding hydrogens is 266 g/mol. The molecule has 5 nitrogen and oxygen atoms in total. The monoisotopic (exact) mass is 289 g/mol. The van der Waals surface area contributed by atoms with Crippen LogP contribution in [-0.2, 0) is 4.79 Å². The van der Waals surface area contributed by atoms with E-state index in [-0.39, 0.29) is 11.8 Å². The third-order valence-corrected chi connectivity index (χ3v) is 3.65. The third kappa shape index (κ3) is 3.24. The van der Waals surface area contributed by atoms with Crippen LogP contribution >= 0.6 is 0 Å². The third-order valence-electron chi connectivity index (χ3n) is 3.65. The van der Waals surface area contributed by atoms with E-state index in [4.69, 9.17) is 10.5 Å². The molecule has 2 rings (SSSR count). The summed E-state index contributed by atoms with van der Waals surface area (Å²) in [5, 5.41) is 6.04. The lowest BCUT2D eigenvalue weighted by Crippen LogP contribution is -2.28. The van der Waals surface area contributed by atoms with Gasteiger partial charge in [-0.1, -0.05) is 25.5 Å². The molecule has 1 unspecified atom stereocenters. The van der Waals surface area contributed by atoms with Gasteiger partial charge in [-0.2, -0.15) is 10.1 Å². The van der Waals surface area contributed by atoms with E-state index in [1.165, 1.54) is 5.01 Å². The van der Waals surface area contributed by atoms with Gasteiger partial charge in [0.05, 0.1) is 18.7 Å². The average Bonchev–Trinajstić information content (AvgIpc) is 2.81. The van der Waals surface area contributed by atoms with Gasteiger partial charge in [0.1, 0.15) is 11.4 Å². The summed E-state index contributed by atoms with van der Waals surface area (Å²) in [5.74, 6) is 0.541. The van der Waals surface area contributed by atoms with Crippen LogP contribution in [0.25, 0.3) is 0 Å². The van der Waals surface area contributed by atoms with Crippen LogP contribution in [0, 0.1) is 5.92 Å². The Morgan fingerprint density at radius 1 is 1.38 bits per heavy atom. The normalized spacial score (nSPS) is 18.0. The van der Waals surface area contributed by atoms with Crippen molar-refractivity contribution in [2.45, 2.75) is 32.6 Å². The maximum absolute atomic E-state index is 12.7. The average molecular weight is 289 g/mol. The Morgan fingerprint density at radius 2 is 2.14 bits per heavy atom. The summed E-state index contributed by atoms with van der Waals surface area (Å²) in [7, 11) is 1.60. The van der Waals surface area contributed by atoms with E-state index in [1.807, 2.05) is 24.3 Å². The number of nitrogens with zero attached hydrogens (tertiary/aromatic N) is 2. The van der Waals surface area contributed by atoms with Crippen molar-refractivity contribution < 1.29 is 9.53 Å². The second-order valence-corrected chi connectivity index (χ2v) is 5.15. The lowest BCUT2D eigenvalue weighted by Gasteiger charge is -2.16. The molecule has 21 heavy (non-hydrogen) atoms. The Morgan fingerprint density at radius 3 is 2.81 bits per heavy atom. The Labute approximate surface area is 125 Å². The van der Waals surface area contributed by atoms with Gasteiger partial charge < -0.3 is 10.5 Å². The molecule has 1 aliphatic rings. The zero-order valence-electron chi connectivity index (χ0n) is 12.7. The van der Waals surface area contributed by atoms with Gasteiger partial charge in [-0.25, -0.2) is 0 Å². The van der Waals surface area contributed by atoms with Crippen LogP contribution in [0.3, 0.4) is 0 Å². The lowest BCUT2D eigenvalue weighted by molar-refractivity contribution is -0.119. The number of ether oxygens (including phenoxy) is 1. The number of hydrogen-bond acceptors (Lipinski definition) is 4. The van der Waals surface area contributed by atoms with Gasteiger partial charge in [0, 0.05) is 0 Å². The second kappa shape index (κ2) is 7.22. The summed E-state index contributed by atoms with van der Waals surface area (Å²) in [5.41, 5.74) is 7.24. The molecule has 1 amide bonds. The van der Waals surface area contributed by atoms with Gasteiger partial charge in [0.25, 0.3) is 5.91 Å². The lowest BCUT2D eigenvalue weighted by atomic mass is 9.94. The molecule has 0 aromatic heterocycles. The molecule has 0 bridgehead atoms. The molecule has 1 heterocycles. The molecule has 0 saturated carbocycles. The Balaban J connectivity index is 2.30. The van der Waals surface area contributed by atoms with Gasteiger partial charge in [0.15, 0.2) is 0 Å². The topological polar surface area (TPSA) is 67.9 Å². The molecule has 5 heteroatoms. The number of hydrogen-bond donors (Lipinski definition) is 1. The van der Waals surface area contributed by atoms with Crippen LogP contribution in [0.2, 0.25) is 0 Å². The van der Waals surface area contributed by atoms with E-state index in [0.717, 1.165) is 31.4 Å². The van der Waals surface area contributed by atoms with E-state index >= 15 is 0 Å². The van der Waals surface area contributed by atoms with Crippen molar-refractivity contribution in [1.82, 2.24) is 0 Å². The summed E-state index contributed by atoms with van der Waals surface area (Å²) in [6.45, 7) is 2.69. The molecule has 0 fully saturated rings. The summed E-state index contributed by atoms with van der Waals surface area (Å²) >= 11 is 0.